The molecule has 0 aliphatic heterocycles. The minimum atomic E-state index is 0.392. The molecule has 0 aromatic carbocycles. The quantitative estimate of drug-likeness (QED) is 0.700. The van der Waals surface area contributed by atoms with Crippen molar-refractivity contribution in [2.45, 2.75) is 57.4 Å². The zero-order valence-corrected chi connectivity index (χ0v) is 11.9. The number of fused-ring (bicyclic) bond motifs is 1. The van der Waals surface area contributed by atoms with E-state index in [2.05, 4.69) is 4.90 Å². The SMILES string of the molecule is O=C(C1C2CCCCC21)N(CCCCl)C1CCC1. The standard InChI is InChI=1S/C15H24ClNO/c16-9-4-10-17(11-5-3-6-11)15(18)14-12-7-1-2-8-13(12)14/h11-14H,1-10H2. The van der Waals surface area contributed by atoms with Crippen LogP contribution in [-0.4, -0.2) is 29.3 Å². The molecule has 0 saturated heterocycles. The van der Waals surface area contributed by atoms with Crippen LogP contribution in [0.2, 0.25) is 0 Å². The molecule has 3 aliphatic carbocycles. The molecule has 0 aromatic heterocycles. The Morgan fingerprint density at radius 1 is 1.06 bits per heavy atom. The number of hydrogen-bond donors (Lipinski definition) is 0. The summed E-state index contributed by atoms with van der Waals surface area (Å²) in [6.45, 7) is 0.892. The molecule has 0 spiro atoms. The van der Waals surface area contributed by atoms with Crippen LogP contribution in [0.3, 0.4) is 0 Å². The summed E-state index contributed by atoms with van der Waals surface area (Å²) in [5, 5.41) is 0. The van der Waals surface area contributed by atoms with Crippen LogP contribution in [0.15, 0.2) is 0 Å². The molecule has 3 aliphatic rings. The van der Waals surface area contributed by atoms with Crippen molar-refractivity contribution in [3.63, 3.8) is 0 Å². The third kappa shape index (κ3) is 2.29. The Morgan fingerprint density at radius 3 is 2.22 bits per heavy atom. The largest absolute Gasteiger partial charge is 0.339 e. The molecule has 0 heterocycles. The highest BCUT2D eigenvalue weighted by molar-refractivity contribution is 6.17. The normalized spacial score (nSPS) is 34.6. The molecule has 0 radical (unpaired) electrons. The van der Waals surface area contributed by atoms with Crippen molar-refractivity contribution in [1.82, 2.24) is 4.90 Å². The number of nitrogens with zero attached hydrogens (tertiary/aromatic N) is 1. The summed E-state index contributed by atoms with van der Waals surface area (Å²) in [4.78, 5) is 14.9. The van der Waals surface area contributed by atoms with Crippen molar-refractivity contribution in [3.05, 3.63) is 0 Å². The van der Waals surface area contributed by atoms with Gasteiger partial charge in [-0.1, -0.05) is 12.8 Å². The minimum Gasteiger partial charge on any atom is -0.339 e. The van der Waals surface area contributed by atoms with E-state index in [9.17, 15) is 4.79 Å². The van der Waals surface area contributed by atoms with Crippen molar-refractivity contribution in [2.75, 3.05) is 12.4 Å². The van der Waals surface area contributed by atoms with Gasteiger partial charge in [0.25, 0.3) is 0 Å². The molecule has 2 nitrogen and oxygen atoms in total. The predicted octanol–water partition coefficient (Wildman–Crippen LogP) is 3.43. The summed E-state index contributed by atoms with van der Waals surface area (Å²) in [7, 11) is 0. The van der Waals surface area contributed by atoms with Gasteiger partial charge < -0.3 is 4.90 Å². The molecule has 2 atom stereocenters. The molecular formula is C15H24ClNO. The summed E-state index contributed by atoms with van der Waals surface area (Å²) in [6, 6.07) is 0.545. The van der Waals surface area contributed by atoms with E-state index in [1.807, 2.05) is 0 Å². The molecule has 0 N–H and O–H groups in total. The van der Waals surface area contributed by atoms with E-state index in [1.165, 1.54) is 44.9 Å². The van der Waals surface area contributed by atoms with Crippen LogP contribution >= 0.6 is 11.6 Å². The van der Waals surface area contributed by atoms with Gasteiger partial charge in [0.15, 0.2) is 0 Å². The lowest BCUT2D eigenvalue weighted by Crippen LogP contribution is -2.46. The number of amides is 1. The second-order valence-corrected chi connectivity index (χ2v) is 6.67. The van der Waals surface area contributed by atoms with Crippen LogP contribution in [-0.2, 0) is 4.79 Å². The number of alkyl halides is 1. The molecular weight excluding hydrogens is 246 g/mol. The predicted molar refractivity (Wildman–Crippen MR) is 73.6 cm³/mol. The maximum absolute atomic E-state index is 12.7. The maximum Gasteiger partial charge on any atom is 0.226 e. The highest BCUT2D eigenvalue weighted by Gasteiger charge is 2.56. The molecule has 18 heavy (non-hydrogen) atoms. The van der Waals surface area contributed by atoms with E-state index in [-0.39, 0.29) is 0 Å². The minimum absolute atomic E-state index is 0.392. The molecule has 102 valence electrons. The number of carbonyl (C=O) groups is 1. The van der Waals surface area contributed by atoms with E-state index < -0.39 is 0 Å². The lowest BCUT2D eigenvalue weighted by atomic mass is 9.91. The van der Waals surface area contributed by atoms with Crippen molar-refractivity contribution < 1.29 is 4.79 Å². The first kappa shape index (κ1) is 12.8. The number of halogens is 1. The van der Waals surface area contributed by atoms with Crippen molar-refractivity contribution in [3.8, 4) is 0 Å². The Morgan fingerprint density at radius 2 is 1.72 bits per heavy atom. The molecule has 3 heteroatoms. The van der Waals surface area contributed by atoms with E-state index in [0.29, 0.717) is 23.7 Å². The van der Waals surface area contributed by atoms with Gasteiger partial charge in [-0.3, -0.25) is 4.79 Å². The smallest absolute Gasteiger partial charge is 0.226 e. The van der Waals surface area contributed by atoms with Gasteiger partial charge in [-0.2, -0.15) is 0 Å². The molecule has 0 bridgehead atoms. The van der Waals surface area contributed by atoms with Crippen LogP contribution < -0.4 is 0 Å². The Bertz CT molecular complexity index is 304. The van der Waals surface area contributed by atoms with Crippen LogP contribution in [0.25, 0.3) is 0 Å². The van der Waals surface area contributed by atoms with Gasteiger partial charge in [0.05, 0.1) is 0 Å². The average molecular weight is 270 g/mol. The lowest BCUT2D eigenvalue weighted by molar-refractivity contribution is -0.137. The van der Waals surface area contributed by atoms with Crippen LogP contribution in [0.5, 0.6) is 0 Å². The van der Waals surface area contributed by atoms with Gasteiger partial charge in [-0.25, -0.2) is 0 Å². The summed E-state index contributed by atoms with van der Waals surface area (Å²) >= 11 is 5.80. The average Bonchev–Trinajstić information content (AvgIpc) is 3.05. The van der Waals surface area contributed by atoms with E-state index in [0.717, 1.165) is 24.8 Å². The zero-order chi connectivity index (χ0) is 12.5. The first-order valence-corrected chi connectivity index (χ1v) is 8.23. The van der Waals surface area contributed by atoms with Gasteiger partial charge in [0.1, 0.15) is 0 Å². The van der Waals surface area contributed by atoms with E-state index >= 15 is 0 Å². The van der Waals surface area contributed by atoms with Crippen molar-refractivity contribution >= 4 is 17.5 Å². The monoisotopic (exact) mass is 269 g/mol. The molecule has 3 fully saturated rings. The molecule has 2 unspecified atom stereocenters. The van der Waals surface area contributed by atoms with Crippen LogP contribution in [0.1, 0.15) is 51.4 Å². The fourth-order valence-electron chi connectivity index (χ4n) is 3.95. The summed E-state index contributed by atoms with van der Waals surface area (Å²) in [5.41, 5.74) is 0. The summed E-state index contributed by atoms with van der Waals surface area (Å²) in [6.07, 6.45) is 9.97. The Hall–Kier alpha value is -0.240. The third-order valence-corrected chi connectivity index (χ3v) is 5.54. The second kappa shape index (κ2) is 5.40. The van der Waals surface area contributed by atoms with Gasteiger partial charge in [-0.15, -0.1) is 11.6 Å². The lowest BCUT2D eigenvalue weighted by Gasteiger charge is -2.38. The highest BCUT2D eigenvalue weighted by Crippen LogP contribution is 2.56. The van der Waals surface area contributed by atoms with Crippen LogP contribution in [0.4, 0.5) is 0 Å². The van der Waals surface area contributed by atoms with Gasteiger partial charge in [0.2, 0.25) is 5.91 Å². The fourth-order valence-corrected chi connectivity index (χ4v) is 4.07. The number of hydrogen-bond acceptors (Lipinski definition) is 1. The topological polar surface area (TPSA) is 20.3 Å². The first-order chi connectivity index (χ1) is 8.83. The Labute approximate surface area is 115 Å². The number of carbonyl (C=O) groups excluding carboxylic acids is 1. The first-order valence-electron chi connectivity index (χ1n) is 7.69. The molecule has 0 aromatic rings. The fraction of sp³-hybridized carbons (Fsp3) is 0.933. The Balaban J connectivity index is 1.60. The third-order valence-electron chi connectivity index (χ3n) is 5.27. The zero-order valence-electron chi connectivity index (χ0n) is 11.1. The van der Waals surface area contributed by atoms with Crippen molar-refractivity contribution in [1.29, 1.82) is 0 Å². The highest BCUT2D eigenvalue weighted by atomic mass is 35.5. The Kier molecular flexibility index (Phi) is 3.83. The molecule has 1 amide bonds. The van der Waals surface area contributed by atoms with Crippen molar-refractivity contribution in [2.24, 2.45) is 17.8 Å². The molecule has 3 saturated carbocycles. The molecule has 3 rings (SSSR count). The van der Waals surface area contributed by atoms with Gasteiger partial charge in [0, 0.05) is 24.4 Å². The number of rotatable bonds is 5. The maximum atomic E-state index is 12.7. The van der Waals surface area contributed by atoms with Gasteiger partial charge >= 0.3 is 0 Å². The van der Waals surface area contributed by atoms with E-state index in [1.54, 1.807) is 0 Å². The second-order valence-electron chi connectivity index (χ2n) is 6.30. The van der Waals surface area contributed by atoms with E-state index in [4.69, 9.17) is 11.6 Å². The summed E-state index contributed by atoms with van der Waals surface area (Å²) in [5.74, 6) is 3.02. The van der Waals surface area contributed by atoms with Gasteiger partial charge in [-0.05, 0) is 50.4 Å². The summed E-state index contributed by atoms with van der Waals surface area (Å²) < 4.78 is 0. The van der Waals surface area contributed by atoms with Crippen LogP contribution in [0, 0.1) is 17.8 Å².